The SMILES string of the molecule is Cc1nsnc1COc1ccc(C(=O)Nc2nc(-c3ccc(F)cc3)cs2)cc1. The van der Waals surface area contributed by atoms with E-state index in [4.69, 9.17) is 4.74 Å². The summed E-state index contributed by atoms with van der Waals surface area (Å²) < 4.78 is 27.0. The number of aromatic nitrogens is 3. The van der Waals surface area contributed by atoms with Crippen LogP contribution in [0.15, 0.2) is 53.9 Å². The number of nitrogens with one attached hydrogen (secondary N) is 1. The first-order valence-electron chi connectivity index (χ1n) is 8.62. The Balaban J connectivity index is 1.37. The summed E-state index contributed by atoms with van der Waals surface area (Å²) in [5.41, 5.74) is 3.62. The standard InChI is InChI=1S/C20H15FN4O2S2/c1-12-17(25-29-24-12)10-27-16-8-4-14(5-9-16)19(26)23-20-22-18(11-28-20)13-2-6-15(21)7-3-13/h2-9,11H,10H2,1H3,(H,22,23,26). The average Bonchev–Trinajstić information content (AvgIpc) is 3.36. The van der Waals surface area contributed by atoms with Crippen LogP contribution in [-0.2, 0) is 6.61 Å². The molecule has 0 saturated heterocycles. The van der Waals surface area contributed by atoms with Gasteiger partial charge in [0.1, 0.15) is 23.9 Å². The normalized spacial score (nSPS) is 10.7. The molecule has 6 nitrogen and oxygen atoms in total. The van der Waals surface area contributed by atoms with Gasteiger partial charge in [-0.2, -0.15) is 8.75 Å². The van der Waals surface area contributed by atoms with Crippen LogP contribution in [0.3, 0.4) is 0 Å². The van der Waals surface area contributed by atoms with Crippen molar-refractivity contribution >= 4 is 34.1 Å². The maximum absolute atomic E-state index is 13.0. The second-order valence-corrected chi connectivity index (χ2v) is 7.49. The zero-order chi connectivity index (χ0) is 20.2. The van der Waals surface area contributed by atoms with Gasteiger partial charge in [-0.1, -0.05) is 0 Å². The number of amides is 1. The van der Waals surface area contributed by atoms with Crippen LogP contribution in [0.2, 0.25) is 0 Å². The predicted octanol–water partition coefficient (Wildman–Crippen LogP) is 4.94. The third kappa shape index (κ3) is 4.64. The minimum atomic E-state index is -0.302. The summed E-state index contributed by atoms with van der Waals surface area (Å²) >= 11 is 2.46. The summed E-state index contributed by atoms with van der Waals surface area (Å²) in [7, 11) is 0. The molecule has 0 aliphatic carbocycles. The van der Waals surface area contributed by atoms with Crippen LogP contribution < -0.4 is 10.1 Å². The Morgan fingerprint density at radius 3 is 2.55 bits per heavy atom. The van der Waals surface area contributed by atoms with E-state index >= 15 is 0 Å². The second kappa shape index (κ2) is 8.46. The number of nitrogens with zero attached hydrogens (tertiary/aromatic N) is 3. The molecule has 0 unspecified atom stereocenters. The number of benzene rings is 2. The van der Waals surface area contributed by atoms with Crippen LogP contribution >= 0.6 is 23.1 Å². The number of halogens is 1. The van der Waals surface area contributed by atoms with Crippen LogP contribution in [0.4, 0.5) is 9.52 Å². The van der Waals surface area contributed by atoms with Crippen molar-refractivity contribution < 1.29 is 13.9 Å². The Morgan fingerprint density at radius 1 is 1.10 bits per heavy atom. The lowest BCUT2D eigenvalue weighted by molar-refractivity contribution is 0.102. The van der Waals surface area contributed by atoms with Crippen molar-refractivity contribution in [3.05, 3.63) is 76.7 Å². The highest BCUT2D eigenvalue weighted by molar-refractivity contribution is 7.14. The highest BCUT2D eigenvalue weighted by atomic mass is 32.1. The summed E-state index contributed by atoms with van der Waals surface area (Å²) in [5.74, 6) is 0.0706. The topological polar surface area (TPSA) is 77.0 Å². The Morgan fingerprint density at radius 2 is 1.86 bits per heavy atom. The van der Waals surface area contributed by atoms with Gasteiger partial charge in [0.2, 0.25) is 0 Å². The van der Waals surface area contributed by atoms with Gasteiger partial charge in [-0.15, -0.1) is 11.3 Å². The third-order valence-electron chi connectivity index (χ3n) is 4.10. The van der Waals surface area contributed by atoms with E-state index in [0.29, 0.717) is 28.7 Å². The van der Waals surface area contributed by atoms with Crippen LogP contribution in [-0.4, -0.2) is 19.6 Å². The fourth-order valence-corrected chi connectivity index (χ4v) is 3.76. The molecule has 0 aliphatic heterocycles. The molecule has 2 aromatic heterocycles. The highest BCUT2D eigenvalue weighted by Gasteiger charge is 2.11. The molecule has 0 aliphatic rings. The van der Waals surface area contributed by atoms with E-state index in [9.17, 15) is 9.18 Å². The van der Waals surface area contributed by atoms with Crippen molar-refractivity contribution in [3.8, 4) is 17.0 Å². The molecule has 146 valence electrons. The Bertz CT molecular complexity index is 1120. The van der Waals surface area contributed by atoms with Gasteiger partial charge in [-0.3, -0.25) is 10.1 Å². The van der Waals surface area contributed by atoms with Gasteiger partial charge in [0.25, 0.3) is 5.91 Å². The number of hydrogen-bond donors (Lipinski definition) is 1. The average molecular weight is 426 g/mol. The number of carbonyl (C=O) groups is 1. The van der Waals surface area contributed by atoms with Gasteiger partial charge in [-0.05, 0) is 55.5 Å². The number of anilines is 1. The van der Waals surface area contributed by atoms with Gasteiger partial charge in [0.05, 0.1) is 23.1 Å². The van der Waals surface area contributed by atoms with E-state index in [1.807, 2.05) is 12.3 Å². The van der Waals surface area contributed by atoms with Crippen molar-refractivity contribution in [2.75, 3.05) is 5.32 Å². The minimum Gasteiger partial charge on any atom is -0.487 e. The number of rotatable bonds is 6. The predicted molar refractivity (Wildman–Crippen MR) is 111 cm³/mol. The van der Waals surface area contributed by atoms with Gasteiger partial charge in [-0.25, -0.2) is 9.37 Å². The van der Waals surface area contributed by atoms with Crippen molar-refractivity contribution in [1.29, 1.82) is 0 Å². The molecule has 0 radical (unpaired) electrons. The van der Waals surface area contributed by atoms with Gasteiger partial charge >= 0.3 is 0 Å². The fourth-order valence-electron chi connectivity index (χ4n) is 2.49. The lowest BCUT2D eigenvalue weighted by Crippen LogP contribution is -2.11. The second-order valence-electron chi connectivity index (χ2n) is 6.11. The Kier molecular flexibility index (Phi) is 5.59. The van der Waals surface area contributed by atoms with Crippen LogP contribution in [0.25, 0.3) is 11.3 Å². The van der Waals surface area contributed by atoms with Crippen molar-refractivity contribution in [3.63, 3.8) is 0 Å². The summed E-state index contributed by atoms with van der Waals surface area (Å²) in [6.07, 6.45) is 0. The molecule has 1 amide bonds. The van der Waals surface area contributed by atoms with Crippen LogP contribution in [0.5, 0.6) is 5.75 Å². The van der Waals surface area contributed by atoms with Crippen molar-refractivity contribution in [1.82, 2.24) is 13.7 Å². The molecular weight excluding hydrogens is 411 g/mol. The molecule has 4 aromatic rings. The number of hydrogen-bond acceptors (Lipinski definition) is 7. The quantitative estimate of drug-likeness (QED) is 0.473. The van der Waals surface area contributed by atoms with E-state index in [0.717, 1.165) is 28.7 Å². The first-order valence-corrected chi connectivity index (χ1v) is 10.2. The summed E-state index contributed by atoms with van der Waals surface area (Å²) in [6.45, 7) is 2.22. The van der Waals surface area contributed by atoms with Crippen LogP contribution in [0.1, 0.15) is 21.7 Å². The molecule has 0 atom stereocenters. The largest absolute Gasteiger partial charge is 0.487 e. The third-order valence-corrected chi connectivity index (χ3v) is 5.52. The maximum Gasteiger partial charge on any atom is 0.257 e. The Hall–Kier alpha value is -3.17. The van der Waals surface area contributed by atoms with Crippen LogP contribution in [0, 0.1) is 12.7 Å². The number of aryl methyl sites for hydroxylation is 1. The number of ether oxygens (including phenoxy) is 1. The molecule has 0 fully saturated rings. The molecule has 2 heterocycles. The first kappa shape index (κ1) is 19.2. The Labute approximate surface area is 174 Å². The van der Waals surface area contributed by atoms with E-state index in [1.54, 1.807) is 36.4 Å². The van der Waals surface area contributed by atoms with E-state index in [-0.39, 0.29) is 11.7 Å². The summed E-state index contributed by atoms with van der Waals surface area (Å²) in [6, 6.07) is 12.9. The molecule has 9 heteroatoms. The summed E-state index contributed by atoms with van der Waals surface area (Å²) in [4.78, 5) is 16.8. The van der Waals surface area contributed by atoms with Gasteiger partial charge in [0, 0.05) is 16.5 Å². The summed E-state index contributed by atoms with van der Waals surface area (Å²) in [5, 5.41) is 5.07. The van der Waals surface area contributed by atoms with E-state index in [1.165, 1.54) is 23.5 Å². The molecule has 0 saturated carbocycles. The number of thiazole rings is 1. The highest BCUT2D eigenvalue weighted by Crippen LogP contribution is 2.25. The van der Waals surface area contributed by atoms with E-state index < -0.39 is 0 Å². The monoisotopic (exact) mass is 426 g/mol. The van der Waals surface area contributed by atoms with Crippen molar-refractivity contribution in [2.24, 2.45) is 0 Å². The van der Waals surface area contributed by atoms with E-state index in [2.05, 4.69) is 19.0 Å². The molecule has 0 spiro atoms. The molecule has 0 bridgehead atoms. The molecule has 29 heavy (non-hydrogen) atoms. The van der Waals surface area contributed by atoms with Gasteiger partial charge < -0.3 is 4.74 Å². The minimum absolute atomic E-state index is 0.267. The lowest BCUT2D eigenvalue weighted by Gasteiger charge is -2.06. The zero-order valence-corrected chi connectivity index (χ0v) is 16.9. The molecular formula is C20H15FN4O2S2. The molecule has 1 N–H and O–H groups in total. The van der Waals surface area contributed by atoms with Gasteiger partial charge in [0.15, 0.2) is 5.13 Å². The maximum atomic E-state index is 13.0. The fraction of sp³-hybridized carbons (Fsp3) is 0.100. The lowest BCUT2D eigenvalue weighted by atomic mass is 10.2. The van der Waals surface area contributed by atoms with Crippen molar-refractivity contribution in [2.45, 2.75) is 13.5 Å². The smallest absolute Gasteiger partial charge is 0.257 e. The molecule has 2 aromatic carbocycles. The first-order chi connectivity index (χ1) is 14.1. The number of carbonyl (C=O) groups excluding carboxylic acids is 1. The zero-order valence-electron chi connectivity index (χ0n) is 15.3. The molecule has 4 rings (SSSR count).